The standard InChI is InChI=1S/C17H36S8/c18-9-1-5-13(22)17(14(23)6-2-10-19,15(24)7-3-11-20)16(25)8-4-12-21/h13-16,18-25H,1-12H2. The van der Waals surface area contributed by atoms with Gasteiger partial charge in [0.2, 0.25) is 0 Å². The van der Waals surface area contributed by atoms with Crippen molar-refractivity contribution in [1.29, 1.82) is 0 Å². The van der Waals surface area contributed by atoms with Gasteiger partial charge in [-0.1, -0.05) is 0 Å². The van der Waals surface area contributed by atoms with E-state index in [1.54, 1.807) is 0 Å². The molecule has 0 aromatic carbocycles. The van der Waals surface area contributed by atoms with E-state index in [1.807, 2.05) is 0 Å². The summed E-state index contributed by atoms with van der Waals surface area (Å²) in [6, 6.07) is 0. The summed E-state index contributed by atoms with van der Waals surface area (Å²) in [4.78, 5) is 0. The van der Waals surface area contributed by atoms with Crippen LogP contribution in [0.2, 0.25) is 0 Å². The lowest BCUT2D eigenvalue weighted by Crippen LogP contribution is -2.54. The van der Waals surface area contributed by atoms with Gasteiger partial charge in [0, 0.05) is 26.4 Å². The summed E-state index contributed by atoms with van der Waals surface area (Å²) >= 11 is 37.9. The highest BCUT2D eigenvalue weighted by Gasteiger charge is 2.50. The van der Waals surface area contributed by atoms with Gasteiger partial charge in [0.1, 0.15) is 0 Å². The molecule has 25 heavy (non-hydrogen) atoms. The average Bonchev–Trinajstić information content (AvgIpc) is 2.61. The van der Waals surface area contributed by atoms with Crippen molar-refractivity contribution >= 4 is 101 Å². The van der Waals surface area contributed by atoms with Crippen LogP contribution in [0.15, 0.2) is 0 Å². The normalized spacial score (nSPS) is 19.2. The first-order chi connectivity index (χ1) is 11.9. The van der Waals surface area contributed by atoms with E-state index in [0.29, 0.717) is 0 Å². The quantitative estimate of drug-likeness (QED) is 0.118. The highest BCUT2D eigenvalue weighted by atomic mass is 32.1. The van der Waals surface area contributed by atoms with E-state index in [2.05, 4.69) is 50.5 Å². The first-order valence-corrected chi connectivity index (χ1v) is 13.7. The van der Waals surface area contributed by atoms with Crippen molar-refractivity contribution in [2.45, 2.75) is 72.4 Å². The van der Waals surface area contributed by atoms with Gasteiger partial charge in [-0.15, -0.1) is 0 Å². The maximum atomic E-state index is 5.09. The summed E-state index contributed by atoms with van der Waals surface area (Å²) in [7, 11) is 0. The zero-order valence-corrected chi connectivity index (χ0v) is 22.0. The fourth-order valence-corrected chi connectivity index (χ4v) is 7.80. The van der Waals surface area contributed by atoms with Gasteiger partial charge >= 0.3 is 0 Å². The summed E-state index contributed by atoms with van der Waals surface area (Å²) in [5.74, 6) is 3.51. The van der Waals surface area contributed by atoms with Crippen LogP contribution in [-0.4, -0.2) is 44.0 Å². The predicted molar refractivity (Wildman–Crippen MR) is 146 cm³/mol. The summed E-state index contributed by atoms with van der Waals surface area (Å²) in [6.45, 7) is 0. The minimum absolute atomic E-state index is 0.143. The van der Waals surface area contributed by atoms with Crippen molar-refractivity contribution in [2.24, 2.45) is 5.41 Å². The molecule has 0 amide bonds. The number of thiol groups is 8. The maximum absolute atomic E-state index is 5.09. The van der Waals surface area contributed by atoms with Gasteiger partial charge in [-0.25, -0.2) is 0 Å². The van der Waals surface area contributed by atoms with Crippen LogP contribution >= 0.6 is 101 Å². The molecule has 0 radical (unpaired) electrons. The summed E-state index contributed by atoms with van der Waals surface area (Å²) in [5.41, 5.74) is -0.143. The molecule has 4 unspecified atom stereocenters. The Hall–Kier alpha value is 2.80. The molecular formula is C17H36S8. The van der Waals surface area contributed by atoms with Crippen molar-refractivity contribution in [3.63, 3.8) is 0 Å². The summed E-state index contributed by atoms with van der Waals surface area (Å²) in [5, 5.41) is 0.803. The van der Waals surface area contributed by atoms with Crippen molar-refractivity contribution < 1.29 is 0 Å². The van der Waals surface area contributed by atoms with Gasteiger partial charge in [-0.05, 0) is 74.4 Å². The molecule has 0 aliphatic heterocycles. The van der Waals surface area contributed by atoms with Crippen LogP contribution in [0.25, 0.3) is 0 Å². The molecule has 0 fully saturated rings. The van der Waals surface area contributed by atoms with E-state index >= 15 is 0 Å². The third-order valence-corrected chi connectivity index (χ3v) is 8.94. The lowest BCUT2D eigenvalue weighted by molar-refractivity contribution is 0.219. The number of hydrogen-bond donors (Lipinski definition) is 8. The van der Waals surface area contributed by atoms with Crippen LogP contribution in [0, 0.1) is 5.41 Å². The third-order valence-electron chi connectivity index (χ3n) is 4.85. The molecule has 0 saturated carbocycles. The molecule has 8 heteroatoms. The predicted octanol–water partition coefficient (Wildman–Crippen LogP) is 6.01. The monoisotopic (exact) mass is 496 g/mol. The second-order valence-corrected chi connectivity index (χ2v) is 10.8. The molecule has 0 aromatic heterocycles. The van der Waals surface area contributed by atoms with Crippen molar-refractivity contribution in [1.82, 2.24) is 0 Å². The smallest absolute Gasteiger partial charge is 0.0168 e. The highest BCUT2D eigenvalue weighted by Crippen LogP contribution is 2.50. The van der Waals surface area contributed by atoms with Gasteiger partial charge in [0.25, 0.3) is 0 Å². The summed E-state index contributed by atoms with van der Waals surface area (Å²) in [6.07, 6.45) is 8.25. The summed E-state index contributed by atoms with van der Waals surface area (Å²) < 4.78 is 0. The average molecular weight is 497 g/mol. The Labute approximate surface area is 200 Å². The van der Waals surface area contributed by atoms with Gasteiger partial charge in [0.15, 0.2) is 0 Å². The Bertz CT molecular complexity index is 254. The molecule has 0 nitrogen and oxygen atoms in total. The van der Waals surface area contributed by atoms with Crippen LogP contribution in [0.1, 0.15) is 51.4 Å². The van der Waals surface area contributed by atoms with E-state index in [1.165, 1.54) is 0 Å². The second-order valence-electron chi connectivity index (χ2n) is 6.53. The minimum atomic E-state index is -0.143. The molecule has 0 saturated heterocycles. The SMILES string of the molecule is SCCCC(S)C(C(S)CCCS)(C(S)CCCS)C(S)CCCS. The second kappa shape index (κ2) is 16.6. The van der Waals surface area contributed by atoms with Crippen LogP contribution in [-0.2, 0) is 0 Å². The van der Waals surface area contributed by atoms with E-state index < -0.39 is 0 Å². The minimum Gasteiger partial charge on any atom is -0.179 e. The van der Waals surface area contributed by atoms with E-state index in [-0.39, 0.29) is 26.4 Å². The van der Waals surface area contributed by atoms with E-state index in [0.717, 1.165) is 74.4 Å². The zero-order valence-electron chi connectivity index (χ0n) is 14.9. The van der Waals surface area contributed by atoms with Gasteiger partial charge in [-0.2, -0.15) is 101 Å². The van der Waals surface area contributed by atoms with Crippen LogP contribution < -0.4 is 0 Å². The van der Waals surface area contributed by atoms with Crippen molar-refractivity contribution in [2.75, 3.05) is 23.0 Å². The Morgan fingerprint density at radius 2 is 0.640 bits per heavy atom. The van der Waals surface area contributed by atoms with Crippen molar-refractivity contribution in [3.8, 4) is 0 Å². The Morgan fingerprint density at radius 3 is 0.800 bits per heavy atom. The molecular weight excluding hydrogens is 461 g/mol. The Morgan fingerprint density at radius 1 is 0.440 bits per heavy atom. The van der Waals surface area contributed by atoms with Gasteiger partial charge < -0.3 is 0 Å². The molecule has 0 heterocycles. The molecule has 152 valence electrons. The lowest BCUT2D eigenvalue weighted by Gasteiger charge is -2.51. The Kier molecular flexibility index (Phi) is 18.4. The van der Waals surface area contributed by atoms with Crippen LogP contribution in [0.4, 0.5) is 0 Å². The lowest BCUT2D eigenvalue weighted by atomic mass is 9.69. The molecule has 0 aliphatic carbocycles. The van der Waals surface area contributed by atoms with Crippen LogP contribution in [0.5, 0.6) is 0 Å². The highest BCUT2D eigenvalue weighted by molar-refractivity contribution is 7.84. The molecule has 0 spiro atoms. The number of hydrogen-bond acceptors (Lipinski definition) is 8. The fraction of sp³-hybridized carbons (Fsp3) is 1.00. The fourth-order valence-electron chi connectivity index (χ4n) is 3.47. The van der Waals surface area contributed by atoms with E-state index in [9.17, 15) is 0 Å². The molecule has 0 rings (SSSR count). The molecule has 0 bridgehead atoms. The first-order valence-electron chi connectivity index (χ1n) is 9.09. The molecule has 0 N–H and O–H groups in total. The van der Waals surface area contributed by atoms with Crippen LogP contribution in [0.3, 0.4) is 0 Å². The van der Waals surface area contributed by atoms with E-state index in [4.69, 9.17) is 50.5 Å². The molecule has 0 aliphatic rings. The largest absolute Gasteiger partial charge is 0.179 e. The topological polar surface area (TPSA) is 0 Å². The van der Waals surface area contributed by atoms with Crippen molar-refractivity contribution in [3.05, 3.63) is 0 Å². The zero-order chi connectivity index (χ0) is 19.3. The first kappa shape index (κ1) is 27.8. The van der Waals surface area contributed by atoms with Gasteiger partial charge in [-0.3, -0.25) is 0 Å². The number of rotatable bonds is 16. The van der Waals surface area contributed by atoms with Gasteiger partial charge in [0.05, 0.1) is 0 Å². The molecule has 0 aromatic rings. The third kappa shape index (κ3) is 9.00. The molecule has 4 atom stereocenters. The maximum Gasteiger partial charge on any atom is 0.0168 e. The Balaban J connectivity index is 5.71.